The van der Waals surface area contributed by atoms with Gasteiger partial charge in [-0.1, -0.05) is 6.92 Å². The summed E-state index contributed by atoms with van der Waals surface area (Å²) < 4.78 is 10.0. The highest BCUT2D eigenvalue weighted by Crippen LogP contribution is 2.37. The van der Waals surface area contributed by atoms with Crippen LogP contribution in [0.15, 0.2) is 24.5 Å². The van der Waals surface area contributed by atoms with Gasteiger partial charge in [0.2, 0.25) is 0 Å². The summed E-state index contributed by atoms with van der Waals surface area (Å²) >= 11 is 1.42. The number of nitrogens with zero attached hydrogens (tertiary/aromatic N) is 2. The van der Waals surface area contributed by atoms with Crippen LogP contribution < -0.4 is 11.1 Å². The number of rotatable bonds is 5. The molecule has 3 rings (SSSR count). The number of hydrogen-bond donors (Lipinski definition) is 2. The Hall–Kier alpha value is -1.66. The summed E-state index contributed by atoms with van der Waals surface area (Å²) in [4.78, 5) is 4.05. The predicted octanol–water partition coefficient (Wildman–Crippen LogP) is 3.01. The van der Waals surface area contributed by atoms with Crippen LogP contribution >= 0.6 is 11.5 Å². The first kappa shape index (κ1) is 14.3. The predicted molar refractivity (Wildman–Crippen MR) is 86.4 cm³/mol. The van der Waals surface area contributed by atoms with E-state index >= 15 is 0 Å². The second kappa shape index (κ2) is 6.41. The van der Waals surface area contributed by atoms with Crippen molar-refractivity contribution in [2.24, 2.45) is 5.92 Å². The fraction of sp³-hybridized carbons (Fsp3) is 0.467. The Morgan fingerprint density at radius 2 is 2.24 bits per heavy atom. The van der Waals surface area contributed by atoms with Gasteiger partial charge in [0.15, 0.2) is 0 Å². The molecular formula is C15H20N4OS. The van der Waals surface area contributed by atoms with Crippen LogP contribution in [-0.2, 0) is 4.74 Å². The first-order chi connectivity index (χ1) is 10.3. The Morgan fingerprint density at radius 3 is 3.00 bits per heavy atom. The fourth-order valence-corrected chi connectivity index (χ4v) is 3.56. The molecule has 1 fully saturated rings. The Labute approximate surface area is 128 Å². The van der Waals surface area contributed by atoms with Crippen molar-refractivity contribution < 1.29 is 4.74 Å². The Morgan fingerprint density at radius 1 is 1.43 bits per heavy atom. The lowest BCUT2D eigenvalue weighted by Gasteiger charge is -2.17. The second-order valence-corrected chi connectivity index (χ2v) is 6.03. The van der Waals surface area contributed by atoms with Crippen molar-refractivity contribution in [2.75, 3.05) is 24.2 Å². The van der Waals surface area contributed by atoms with Crippen molar-refractivity contribution in [3.05, 3.63) is 24.5 Å². The van der Waals surface area contributed by atoms with Gasteiger partial charge in [-0.2, -0.15) is 4.37 Å². The Kier molecular flexibility index (Phi) is 4.36. The third-order valence-corrected chi connectivity index (χ3v) is 4.78. The monoisotopic (exact) mass is 304 g/mol. The molecule has 2 aromatic rings. The molecule has 2 atom stereocenters. The number of pyridine rings is 1. The number of ether oxygens (including phenoxy) is 1. The second-order valence-electron chi connectivity index (χ2n) is 5.25. The molecule has 3 heterocycles. The molecule has 21 heavy (non-hydrogen) atoms. The first-order valence-electron chi connectivity index (χ1n) is 7.30. The van der Waals surface area contributed by atoms with Crippen LogP contribution in [0.4, 0.5) is 10.8 Å². The zero-order valence-electron chi connectivity index (χ0n) is 12.1. The van der Waals surface area contributed by atoms with Crippen molar-refractivity contribution >= 4 is 22.4 Å². The first-order valence-corrected chi connectivity index (χ1v) is 8.08. The molecular weight excluding hydrogens is 284 g/mol. The summed E-state index contributed by atoms with van der Waals surface area (Å²) in [7, 11) is 0. The normalized spacial score (nSPS) is 21.6. The van der Waals surface area contributed by atoms with Crippen LogP contribution in [0.2, 0.25) is 0 Å². The van der Waals surface area contributed by atoms with Gasteiger partial charge in [0.1, 0.15) is 10.8 Å². The van der Waals surface area contributed by atoms with Crippen molar-refractivity contribution in [1.82, 2.24) is 9.36 Å². The Balaban J connectivity index is 1.75. The van der Waals surface area contributed by atoms with E-state index in [1.807, 2.05) is 12.1 Å². The molecule has 0 saturated carbocycles. The van der Waals surface area contributed by atoms with Gasteiger partial charge in [-0.15, -0.1) is 0 Å². The van der Waals surface area contributed by atoms with E-state index in [9.17, 15) is 0 Å². The minimum Gasteiger partial charge on any atom is -0.382 e. The minimum absolute atomic E-state index is 0.368. The van der Waals surface area contributed by atoms with Crippen molar-refractivity contribution in [1.29, 1.82) is 0 Å². The van der Waals surface area contributed by atoms with Gasteiger partial charge in [0.25, 0.3) is 0 Å². The number of aromatic nitrogens is 2. The average Bonchev–Trinajstić information content (AvgIpc) is 3.12. The summed E-state index contributed by atoms with van der Waals surface area (Å²) in [5.41, 5.74) is 8.06. The summed E-state index contributed by atoms with van der Waals surface area (Å²) in [6.45, 7) is 3.95. The van der Waals surface area contributed by atoms with Gasteiger partial charge in [0, 0.05) is 31.5 Å². The maximum absolute atomic E-state index is 6.02. The molecule has 0 aliphatic carbocycles. The van der Waals surface area contributed by atoms with Gasteiger partial charge in [-0.05, 0) is 42.1 Å². The number of nitrogen functional groups attached to an aromatic ring is 1. The van der Waals surface area contributed by atoms with Crippen molar-refractivity contribution in [3.63, 3.8) is 0 Å². The maximum Gasteiger partial charge on any atom is 0.147 e. The maximum atomic E-state index is 6.02. The summed E-state index contributed by atoms with van der Waals surface area (Å²) in [5, 5.41) is 4.54. The standard InChI is InChI=1S/C15H20N4OS/c1-2-12-11(5-8-20-12)9-18-15-13(14(16)19-21-15)10-3-6-17-7-4-10/h3-4,6-7,11-12,18H,2,5,8-9H2,1H3,(H2,16,19). The molecule has 0 radical (unpaired) electrons. The molecule has 1 saturated heterocycles. The van der Waals surface area contributed by atoms with E-state index < -0.39 is 0 Å². The van der Waals surface area contributed by atoms with Crippen LogP contribution in [-0.4, -0.2) is 28.6 Å². The van der Waals surface area contributed by atoms with Crippen molar-refractivity contribution in [2.45, 2.75) is 25.9 Å². The SMILES string of the molecule is CCC1OCCC1CNc1snc(N)c1-c1ccncc1. The van der Waals surface area contributed by atoms with E-state index in [2.05, 4.69) is 21.6 Å². The highest BCUT2D eigenvalue weighted by molar-refractivity contribution is 7.11. The lowest BCUT2D eigenvalue weighted by atomic mass is 9.99. The van der Waals surface area contributed by atoms with E-state index in [-0.39, 0.29) is 0 Å². The number of hydrogen-bond acceptors (Lipinski definition) is 6. The molecule has 2 unspecified atom stereocenters. The highest BCUT2D eigenvalue weighted by Gasteiger charge is 2.27. The van der Waals surface area contributed by atoms with Crippen molar-refractivity contribution in [3.8, 4) is 11.1 Å². The lowest BCUT2D eigenvalue weighted by Crippen LogP contribution is -2.22. The van der Waals surface area contributed by atoms with E-state index in [0.29, 0.717) is 17.8 Å². The molecule has 1 aliphatic rings. The molecule has 0 aromatic carbocycles. The number of anilines is 2. The average molecular weight is 304 g/mol. The third-order valence-electron chi connectivity index (χ3n) is 3.96. The van der Waals surface area contributed by atoms with Gasteiger partial charge >= 0.3 is 0 Å². The van der Waals surface area contributed by atoms with Crippen LogP contribution in [0.1, 0.15) is 19.8 Å². The third kappa shape index (κ3) is 3.01. The molecule has 1 aliphatic heterocycles. The van der Waals surface area contributed by atoms with E-state index in [1.165, 1.54) is 11.5 Å². The summed E-state index contributed by atoms with van der Waals surface area (Å²) in [5.74, 6) is 1.13. The molecule has 2 aromatic heterocycles. The zero-order valence-corrected chi connectivity index (χ0v) is 12.9. The minimum atomic E-state index is 0.368. The van der Waals surface area contributed by atoms with Gasteiger partial charge in [0.05, 0.1) is 11.7 Å². The van der Waals surface area contributed by atoms with Gasteiger partial charge in [-0.3, -0.25) is 4.98 Å². The Bertz CT molecular complexity index is 587. The van der Waals surface area contributed by atoms with Crippen LogP contribution in [0, 0.1) is 5.92 Å². The van der Waals surface area contributed by atoms with E-state index in [1.54, 1.807) is 12.4 Å². The summed E-state index contributed by atoms with van der Waals surface area (Å²) in [6, 6.07) is 3.91. The largest absolute Gasteiger partial charge is 0.382 e. The lowest BCUT2D eigenvalue weighted by molar-refractivity contribution is 0.0900. The molecule has 6 heteroatoms. The van der Waals surface area contributed by atoms with Gasteiger partial charge < -0.3 is 15.8 Å². The molecule has 3 N–H and O–H groups in total. The number of nitrogens with two attached hydrogens (primary N) is 1. The van der Waals surface area contributed by atoms with E-state index in [0.717, 1.165) is 42.1 Å². The molecule has 0 amide bonds. The fourth-order valence-electron chi connectivity index (χ4n) is 2.82. The topological polar surface area (TPSA) is 73.1 Å². The molecule has 0 spiro atoms. The summed E-state index contributed by atoms with van der Waals surface area (Å²) in [6.07, 6.45) is 6.09. The zero-order chi connectivity index (χ0) is 14.7. The van der Waals surface area contributed by atoms with Crippen LogP contribution in [0.25, 0.3) is 11.1 Å². The molecule has 0 bridgehead atoms. The van der Waals surface area contributed by atoms with Crippen LogP contribution in [0.5, 0.6) is 0 Å². The highest BCUT2D eigenvalue weighted by atomic mass is 32.1. The smallest absolute Gasteiger partial charge is 0.147 e. The molecule has 5 nitrogen and oxygen atoms in total. The molecule has 112 valence electrons. The van der Waals surface area contributed by atoms with Crippen LogP contribution in [0.3, 0.4) is 0 Å². The van der Waals surface area contributed by atoms with Gasteiger partial charge in [-0.25, -0.2) is 0 Å². The number of nitrogens with one attached hydrogen (secondary N) is 1. The quantitative estimate of drug-likeness (QED) is 0.888. The van der Waals surface area contributed by atoms with E-state index in [4.69, 9.17) is 10.5 Å².